The quantitative estimate of drug-likeness (QED) is 0.520. The Kier molecular flexibility index (Phi) is 6.64. The third-order valence-electron chi connectivity index (χ3n) is 11.1. The minimum Gasteiger partial charge on any atom is -0.474 e. The fourth-order valence-corrected chi connectivity index (χ4v) is 10.2. The summed E-state index contributed by atoms with van der Waals surface area (Å²) < 4.78 is 31.4. The number of sulfonamides is 1. The van der Waals surface area contributed by atoms with Crippen LogP contribution in [0.25, 0.3) is 0 Å². The zero-order valence-corrected chi connectivity index (χ0v) is 24.6. The molecule has 7 aliphatic rings. The standard InChI is InChI=1S/C29H42N6O5S/c1-41(38,39)34-8-6-33(7-9-34)23-4-5-25(31-17-23)40-24-12-21-2-3-22(13-24)35(21)28(37)32-26-19-10-18-11-20(26)16-29(14-18,15-19)27(30)36/h4-5,17-22,24,26H,2-3,6-16H2,1H3,(H2,30,36)(H,32,37)/t18?,19-,20+,21?,22?,24?,26?,29?. The number of piperazine rings is 1. The number of nitrogens with one attached hydrogen (secondary N) is 1. The first-order valence-electron chi connectivity index (χ1n) is 15.3. The van der Waals surface area contributed by atoms with Gasteiger partial charge in [0, 0.05) is 68.6 Å². The van der Waals surface area contributed by atoms with E-state index in [0.717, 1.165) is 63.5 Å². The summed E-state index contributed by atoms with van der Waals surface area (Å²) in [5.74, 6) is 1.73. The second kappa shape index (κ2) is 10.00. The molecule has 41 heavy (non-hydrogen) atoms. The average Bonchev–Trinajstić information content (AvgIpc) is 3.20. The van der Waals surface area contributed by atoms with E-state index in [1.54, 1.807) is 6.20 Å². The first-order chi connectivity index (χ1) is 19.6. The summed E-state index contributed by atoms with van der Waals surface area (Å²) in [4.78, 5) is 34.7. The normalized spacial score (nSPS) is 38.2. The van der Waals surface area contributed by atoms with Crippen molar-refractivity contribution in [2.24, 2.45) is 28.9 Å². The average molecular weight is 587 g/mol. The molecule has 3 amide bonds. The van der Waals surface area contributed by atoms with Gasteiger partial charge >= 0.3 is 6.03 Å². The molecule has 0 radical (unpaired) electrons. The number of hydrogen-bond acceptors (Lipinski definition) is 7. The summed E-state index contributed by atoms with van der Waals surface area (Å²) in [6.07, 6.45) is 11.4. The van der Waals surface area contributed by atoms with Gasteiger partial charge in [-0.25, -0.2) is 18.2 Å². The fourth-order valence-electron chi connectivity index (χ4n) is 9.41. The molecule has 7 atom stereocenters. The maximum Gasteiger partial charge on any atom is 0.318 e. The molecule has 1 aromatic rings. The minimum absolute atomic E-state index is 0.0183. The second-order valence-electron chi connectivity index (χ2n) is 13.6. The molecule has 3 saturated heterocycles. The van der Waals surface area contributed by atoms with Gasteiger partial charge in [0.25, 0.3) is 0 Å². The Morgan fingerprint density at radius 1 is 1.00 bits per heavy atom. The van der Waals surface area contributed by atoms with Crippen LogP contribution in [0, 0.1) is 23.2 Å². The van der Waals surface area contributed by atoms with Gasteiger partial charge < -0.3 is 25.6 Å². The number of pyridine rings is 1. The predicted molar refractivity (Wildman–Crippen MR) is 153 cm³/mol. The monoisotopic (exact) mass is 586 g/mol. The number of rotatable bonds is 6. The number of nitrogens with zero attached hydrogens (tertiary/aromatic N) is 4. The van der Waals surface area contributed by atoms with Crippen molar-refractivity contribution in [3.8, 4) is 5.88 Å². The van der Waals surface area contributed by atoms with Gasteiger partial charge in [-0.1, -0.05) is 0 Å². The number of amides is 3. The number of aromatic nitrogens is 1. The molecule has 11 nitrogen and oxygen atoms in total. The van der Waals surface area contributed by atoms with E-state index < -0.39 is 10.0 Å². The molecular formula is C29H42N6O5S. The van der Waals surface area contributed by atoms with Gasteiger partial charge in [-0.05, 0) is 68.8 Å². The summed E-state index contributed by atoms with van der Waals surface area (Å²) >= 11 is 0. The molecule has 5 unspecified atom stereocenters. The molecule has 1 aromatic heterocycles. The van der Waals surface area contributed by atoms with Crippen molar-refractivity contribution >= 4 is 27.6 Å². The molecule has 3 N–H and O–H groups in total. The maximum absolute atomic E-state index is 13.6. The van der Waals surface area contributed by atoms with Gasteiger partial charge in [0.2, 0.25) is 21.8 Å². The lowest BCUT2D eigenvalue weighted by Crippen LogP contribution is -2.64. The van der Waals surface area contributed by atoms with Crippen LogP contribution in [0.1, 0.15) is 57.8 Å². The Morgan fingerprint density at radius 2 is 1.66 bits per heavy atom. The van der Waals surface area contributed by atoms with Crippen molar-refractivity contribution in [3.63, 3.8) is 0 Å². The van der Waals surface area contributed by atoms with Gasteiger partial charge in [-0.3, -0.25) is 4.79 Å². The topological polar surface area (TPSA) is 138 Å². The van der Waals surface area contributed by atoms with Crippen LogP contribution in [0.15, 0.2) is 18.3 Å². The SMILES string of the molecule is CS(=O)(=O)N1CCN(c2ccc(OC3CC4CCC(C3)N4C(=O)NC3[C@@H]4CC5C[C@H]3CC(C(N)=O)(C5)C4)nc2)CC1. The molecule has 4 heterocycles. The zero-order chi connectivity index (χ0) is 28.5. The summed E-state index contributed by atoms with van der Waals surface area (Å²) in [7, 11) is -3.16. The van der Waals surface area contributed by atoms with Crippen LogP contribution in [0.4, 0.5) is 10.5 Å². The van der Waals surface area contributed by atoms with E-state index in [2.05, 4.69) is 20.1 Å². The second-order valence-corrected chi connectivity index (χ2v) is 15.6. The minimum atomic E-state index is -3.16. The Morgan fingerprint density at radius 3 is 2.22 bits per heavy atom. The number of carbonyl (C=O) groups is 2. The highest BCUT2D eigenvalue weighted by molar-refractivity contribution is 7.88. The highest BCUT2D eigenvalue weighted by atomic mass is 32.2. The molecular weight excluding hydrogens is 544 g/mol. The number of fused-ring (bicyclic) bond motifs is 2. The molecule has 8 rings (SSSR count). The van der Waals surface area contributed by atoms with E-state index >= 15 is 0 Å². The Balaban J connectivity index is 0.934. The molecule has 4 aliphatic carbocycles. The van der Waals surface area contributed by atoms with E-state index in [-0.39, 0.29) is 41.6 Å². The zero-order valence-electron chi connectivity index (χ0n) is 23.8. The van der Waals surface area contributed by atoms with Crippen LogP contribution in [0.3, 0.4) is 0 Å². The number of piperidine rings is 1. The van der Waals surface area contributed by atoms with Crippen LogP contribution in [-0.4, -0.2) is 91.2 Å². The lowest BCUT2D eigenvalue weighted by atomic mass is 9.47. The van der Waals surface area contributed by atoms with Crippen LogP contribution >= 0.6 is 0 Å². The van der Waals surface area contributed by atoms with E-state index in [4.69, 9.17) is 10.5 Å². The van der Waals surface area contributed by atoms with Crippen LogP contribution < -0.4 is 20.7 Å². The van der Waals surface area contributed by atoms with Crippen molar-refractivity contribution in [1.82, 2.24) is 19.5 Å². The number of urea groups is 1. The smallest absolute Gasteiger partial charge is 0.318 e. The summed E-state index contributed by atoms with van der Waals surface area (Å²) in [5.41, 5.74) is 6.47. The third-order valence-corrected chi connectivity index (χ3v) is 12.4. The number of primary amides is 1. The predicted octanol–water partition coefficient (Wildman–Crippen LogP) is 1.93. The fraction of sp³-hybridized carbons (Fsp3) is 0.759. The molecule has 4 saturated carbocycles. The van der Waals surface area contributed by atoms with Gasteiger partial charge in [0.15, 0.2) is 0 Å². The molecule has 6 bridgehead atoms. The Bertz CT molecular complexity index is 1270. The van der Waals surface area contributed by atoms with Crippen molar-refractivity contribution in [2.45, 2.75) is 82.0 Å². The molecule has 0 aromatic carbocycles. The van der Waals surface area contributed by atoms with Gasteiger partial charge in [-0.2, -0.15) is 4.31 Å². The van der Waals surface area contributed by atoms with Gasteiger partial charge in [0.05, 0.1) is 18.1 Å². The lowest BCUT2D eigenvalue weighted by molar-refractivity contribution is -0.145. The molecule has 3 aliphatic heterocycles. The number of nitrogens with two attached hydrogens (primary N) is 1. The van der Waals surface area contributed by atoms with Crippen LogP contribution in [0.5, 0.6) is 5.88 Å². The van der Waals surface area contributed by atoms with E-state index in [9.17, 15) is 18.0 Å². The van der Waals surface area contributed by atoms with E-state index in [1.807, 2.05) is 12.1 Å². The highest BCUT2D eigenvalue weighted by Gasteiger charge is 2.58. The Hall–Kier alpha value is -2.60. The Labute approximate surface area is 242 Å². The number of carbonyl (C=O) groups excluding carboxylic acids is 2. The first kappa shape index (κ1) is 27.2. The molecule has 7 fully saturated rings. The summed E-state index contributed by atoms with van der Waals surface area (Å²) in [5, 5.41) is 3.44. The van der Waals surface area contributed by atoms with Gasteiger partial charge in [0.1, 0.15) is 6.10 Å². The molecule has 224 valence electrons. The largest absolute Gasteiger partial charge is 0.474 e. The van der Waals surface area contributed by atoms with E-state index in [1.165, 1.54) is 10.6 Å². The molecule has 0 spiro atoms. The van der Waals surface area contributed by atoms with Crippen LogP contribution in [-0.2, 0) is 14.8 Å². The van der Waals surface area contributed by atoms with Crippen molar-refractivity contribution < 1.29 is 22.7 Å². The van der Waals surface area contributed by atoms with Crippen molar-refractivity contribution in [1.29, 1.82) is 0 Å². The summed E-state index contributed by atoms with van der Waals surface area (Å²) in [6.45, 7) is 2.22. The van der Waals surface area contributed by atoms with Crippen molar-refractivity contribution in [3.05, 3.63) is 18.3 Å². The number of ether oxygens (including phenoxy) is 1. The first-order valence-corrected chi connectivity index (χ1v) is 17.1. The number of anilines is 1. The van der Waals surface area contributed by atoms with Crippen molar-refractivity contribution in [2.75, 3.05) is 37.3 Å². The summed E-state index contributed by atoms with van der Waals surface area (Å²) in [6, 6.07) is 4.42. The third kappa shape index (κ3) is 4.94. The van der Waals surface area contributed by atoms with Gasteiger partial charge in [-0.15, -0.1) is 0 Å². The molecule has 12 heteroatoms. The highest BCUT2D eigenvalue weighted by Crippen LogP contribution is 2.60. The maximum atomic E-state index is 13.6. The van der Waals surface area contributed by atoms with Crippen LogP contribution in [0.2, 0.25) is 0 Å². The lowest BCUT2D eigenvalue weighted by Gasteiger charge is -2.59. The number of hydrogen-bond donors (Lipinski definition) is 2. The van der Waals surface area contributed by atoms with E-state index in [0.29, 0.717) is 49.8 Å².